The van der Waals surface area contributed by atoms with Crippen molar-refractivity contribution in [3.05, 3.63) is 53.6 Å². The first-order valence-corrected chi connectivity index (χ1v) is 4.80. The summed E-state index contributed by atoms with van der Waals surface area (Å²) < 4.78 is 0. The first-order chi connectivity index (χ1) is 6.75. The van der Waals surface area contributed by atoms with Crippen molar-refractivity contribution in [2.45, 2.75) is 19.8 Å². The molecule has 1 aromatic rings. The SMILES string of the molecule is CC1=CC(c2ccccn2)C=C(C)N1. The molecule has 0 radical (unpaired) electrons. The van der Waals surface area contributed by atoms with E-state index in [2.05, 4.69) is 42.4 Å². The monoisotopic (exact) mass is 186 g/mol. The lowest BCUT2D eigenvalue weighted by atomic mass is 9.99. The summed E-state index contributed by atoms with van der Waals surface area (Å²) in [6.07, 6.45) is 6.22. The summed E-state index contributed by atoms with van der Waals surface area (Å²) in [6.45, 7) is 4.15. The highest BCUT2D eigenvalue weighted by molar-refractivity contribution is 5.30. The number of allylic oxidation sites excluding steroid dienone is 4. The van der Waals surface area contributed by atoms with E-state index < -0.39 is 0 Å². The maximum Gasteiger partial charge on any atom is 0.0511 e. The van der Waals surface area contributed by atoms with Gasteiger partial charge in [-0.3, -0.25) is 4.98 Å². The normalized spacial score (nSPS) is 17.0. The third kappa shape index (κ3) is 1.84. The van der Waals surface area contributed by atoms with E-state index in [-0.39, 0.29) is 0 Å². The van der Waals surface area contributed by atoms with Crippen molar-refractivity contribution in [2.24, 2.45) is 0 Å². The molecule has 0 saturated heterocycles. The number of pyridine rings is 1. The van der Waals surface area contributed by atoms with Gasteiger partial charge < -0.3 is 5.32 Å². The molecular formula is C12H14N2. The van der Waals surface area contributed by atoms with Crippen LogP contribution in [0, 0.1) is 0 Å². The lowest BCUT2D eigenvalue weighted by molar-refractivity contribution is 0.851. The molecule has 0 aromatic carbocycles. The van der Waals surface area contributed by atoms with Crippen molar-refractivity contribution < 1.29 is 0 Å². The van der Waals surface area contributed by atoms with Crippen molar-refractivity contribution >= 4 is 0 Å². The fourth-order valence-corrected chi connectivity index (χ4v) is 1.73. The Labute approximate surface area is 84.4 Å². The van der Waals surface area contributed by atoms with Crippen LogP contribution in [0.1, 0.15) is 25.5 Å². The van der Waals surface area contributed by atoms with Gasteiger partial charge in [-0.25, -0.2) is 0 Å². The van der Waals surface area contributed by atoms with E-state index in [1.807, 2.05) is 18.3 Å². The Kier molecular flexibility index (Phi) is 2.35. The number of nitrogens with one attached hydrogen (secondary N) is 1. The minimum absolute atomic E-state index is 0.317. The molecule has 0 bridgehead atoms. The van der Waals surface area contributed by atoms with Gasteiger partial charge >= 0.3 is 0 Å². The maximum absolute atomic E-state index is 4.35. The Morgan fingerprint density at radius 3 is 2.43 bits per heavy atom. The highest BCUT2D eigenvalue weighted by atomic mass is 14.9. The molecule has 2 nitrogen and oxygen atoms in total. The predicted molar refractivity (Wildman–Crippen MR) is 57.6 cm³/mol. The first kappa shape index (κ1) is 9.00. The zero-order chi connectivity index (χ0) is 9.97. The molecule has 14 heavy (non-hydrogen) atoms. The second-order valence-electron chi connectivity index (χ2n) is 3.60. The number of nitrogens with zero attached hydrogens (tertiary/aromatic N) is 1. The van der Waals surface area contributed by atoms with Crippen LogP contribution in [-0.2, 0) is 0 Å². The summed E-state index contributed by atoms with van der Waals surface area (Å²) in [7, 11) is 0. The molecule has 0 unspecified atom stereocenters. The van der Waals surface area contributed by atoms with Gasteiger partial charge in [-0.05, 0) is 26.0 Å². The number of rotatable bonds is 1. The highest BCUT2D eigenvalue weighted by Gasteiger charge is 2.11. The summed E-state index contributed by atoms with van der Waals surface area (Å²) in [6, 6.07) is 6.03. The van der Waals surface area contributed by atoms with Gasteiger partial charge in [-0.2, -0.15) is 0 Å². The fraction of sp³-hybridized carbons (Fsp3) is 0.250. The van der Waals surface area contributed by atoms with Gasteiger partial charge in [0.15, 0.2) is 0 Å². The molecule has 0 atom stereocenters. The Morgan fingerprint density at radius 2 is 1.86 bits per heavy atom. The van der Waals surface area contributed by atoms with Gasteiger partial charge in [0, 0.05) is 23.5 Å². The molecule has 0 aliphatic carbocycles. The number of dihydropyridines is 1. The molecule has 1 N–H and O–H groups in total. The smallest absolute Gasteiger partial charge is 0.0511 e. The quantitative estimate of drug-likeness (QED) is 0.729. The molecule has 0 spiro atoms. The maximum atomic E-state index is 4.35. The van der Waals surface area contributed by atoms with Crippen LogP contribution in [0.5, 0.6) is 0 Å². The van der Waals surface area contributed by atoms with Crippen LogP contribution in [0.3, 0.4) is 0 Å². The molecule has 72 valence electrons. The summed E-state index contributed by atoms with van der Waals surface area (Å²) in [5.74, 6) is 0.317. The lowest BCUT2D eigenvalue weighted by Gasteiger charge is -2.18. The second-order valence-corrected chi connectivity index (χ2v) is 3.60. The van der Waals surface area contributed by atoms with Crippen molar-refractivity contribution in [3.63, 3.8) is 0 Å². The average Bonchev–Trinajstić information content (AvgIpc) is 2.18. The molecule has 2 heteroatoms. The number of aromatic nitrogens is 1. The third-order valence-electron chi connectivity index (χ3n) is 2.28. The summed E-state index contributed by atoms with van der Waals surface area (Å²) in [5, 5.41) is 3.27. The minimum Gasteiger partial charge on any atom is -0.363 e. The number of hydrogen-bond donors (Lipinski definition) is 1. The van der Waals surface area contributed by atoms with Crippen LogP contribution in [0.25, 0.3) is 0 Å². The molecule has 1 aromatic heterocycles. The summed E-state index contributed by atoms with van der Waals surface area (Å²) >= 11 is 0. The standard InChI is InChI=1S/C12H14N2/c1-9-7-11(8-10(2)14-9)12-5-3-4-6-13-12/h3-8,11,14H,1-2H3. The topological polar surface area (TPSA) is 24.9 Å². The van der Waals surface area contributed by atoms with Crippen molar-refractivity contribution in [1.82, 2.24) is 10.3 Å². The van der Waals surface area contributed by atoms with E-state index in [9.17, 15) is 0 Å². The zero-order valence-corrected chi connectivity index (χ0v) is 8.49. The van der Waals surface area contributed by atoms with Crippen LogP contribution < -0.4 is 5.32 Å². The fourth-order valence-electron chi connectivity index (χ4n) is 1.73. The highest BCUT2D eigenvalue weighted by Crippen LogP contribution is 2.22. The van der Waals surface area contributed by atoms with Gasteiger partial charge in [-0.1, -0.05) is 18.2 Å². The largest absolute Gasteiger partial charge is 0.363 e. The number of hydrogen-bond acceptors (Lipinski definition) is 2. The molecule has 1 aliphatic rings. The minimum atomic E-state index is 0.317. The van der Waals surface area contributed by atoms with Crippen LogP contribution in [0.15, 0.2) is 47.9 Å². The van der Waals surface area contributed by atoms with E-state index in [1.54, 1.807) is 0 Å². The second kappa shape index (κ2) is 3.66. The predicted octanol–water partition coefficient (Wildman–Crippen LogP) is 2.58. The summed E-state index contributed by atoms with van der Waals surface area (Å²) in [5.41, 5.74) is 3.49. The van der Waals surface area contributed by atoms with Crippen LogP contribution >= 0.6 is 0 Å². The van der Waals surface area contributed by atoms with E-state index in [1.165, 1.54) is 11.4 Å². The Bertz CT molecular complexity index is 359. The molecule has 0 amide bonds. The van der Waals surface area contributed by atoms with Crippen molar-refractivity contribution in [2.75, 3.05) is 0 Å². The van der Waals surface area contributed by atoms with Gasteiger partial charge in [0.1, 0.15) is 0 Å². The van der Waals surface area contributed by atoms with E-state index in [0.717, 1.165) is 5.69 Å². The van der Waals surface area contributed by atoms with Gasteiger partial charge in [0.05, 0.1) is 5.69 Å². The van der Waals surface area contributed by atoms with Crippen LogP contribution in [0.2, 0.25) is 0 Å². The third-order valence-corrected chi connectivity index (χ3v) is 2.28. The molecule has 2 rings (SSSR count). The van der Waals surface area contributed by atoms with Crippen LogP contribution in [-0.4, -0.2) is 4.98 Å². The Hall–Kier alpha value is -1.57. The van der Waals surface area contributed by atoms with E-state index >= 15 is 0 Å². The average molecular weight is 186 g/mol. The van der Waals surface area contributed by atoms with Crippen molar-refractivity contribution in [3.8, 4) is 0 Å². The zero-order valence-electron chi connectivity index (χ0n) is 8.49. The van der Waals surface area contributed by atoms with E-state index in [4.69, 9.17) is 0 Å². The van der Waals surface area contributed by atoms with Gasteiger partial charge in [0.25, 0.3) is 0 Å². The lowest BCUT2D eigenvalue weighted by Crippen LogP contribution is -2.15. The molecule has 0 saturated carbocycles. The van der Waals surface area contributed by atoms with Crippen LogP contribution in [0.4, 0.5) is 0 Å². The Morgan fingerprint density at radius 1 is 1.14 bits per heavy atom. The summed E-state index contributed by atoms with van der Waals surface area (Å²) in [4.78, 5) is 4.35. The van der Waals surface area contributed by atoms with E-state index in [0.29, 0.717) is 5.92 Å². The molecule has 2 heterocycles. The Balaban J connectivity index is 2.31. The van der Waals surface area contributed by atoms with Gasteiger partial charge in [-0.15, -0.1) is 0 Å². The first-order valence-electron chi connectivity index (χ1n) is 4.80. The molecular weight excluding hydrogens is 172 g/mol. The molecule has 0 fully saturated rings. The van der Waals surface area contributed by atoms with Gasteiger partial charge in [0.2, 0.25) is 0 Å². The molecule has 1 aliphatic heterocycles. The van der Waals surface area contributed by atoms with Crippen molar-refractivity contribution in [1.29, 1.82) is 0 Å².